The fraction of sp³-hybridized carbons (Fsp3) is 0.917. The molecule has 0 spiro atoms. The molecular weight excluding hydrogens is 202 g/mol. The number of nitrogens with one attached hydrogen (secondary N) is 2. The van der Waals surface area contributed by atoms with Crippen LogP contribution >= 0.6 is 0 Å². The molecule has 0 aliphatic rings. The van der Waals surface area contributed by atoms with E-state index in [2.05, 4.69) is 36.4 Å². The Kier molecular flexibility index (Phi) is 9.24. The Morgan fingerprint density at radius 3 is 2.62 bits per heavy atom. The molecule has 4 nitrogen and oxygen atoms in total. The third-order valence-electron chi connectivity index (χ3n) is 3.02. The Labute approximate surface area is 99.8 Å². The van der Waals surface area contributed by atoms with Crippen molar-refractivity contribution < 1.29 is 4.79 Å². The predicted molar refractivity (Wildman–Crippen MR) is 68.6 cm³/mol. The van der Waals surface area contributed by atoms with Gasteiger partial charge in [-0.15, -0.1) is 0 Å². The van der Waals surface area contributed by atoms with Gasteiger partial charge in [0.15, 0.2) is 0 Å². The van der Waals surface area contributed by atoms with Crippen molar-refractivity contribution in [2.45, 2.75) is 39.2 Å². The highest BCUT2D eigenvalue weighted by Crippen LogP contribution is 1.98. The first-order valence-corrected chi connectivity index (χ1v) is 6.23. The minimum atomic E-state index is 0.124. The molecule has 0 radical (unpaired) electrons. The first kappa shape index (κ1) is 15.4. The molecule has 0 saturated carbocycles. The van der Waals surface area contributed by atoms with Crippen LogP contribution in [0.2, 0.25) is 0 Å². The average Bonchev–Trinajstić information content (AvgIpc) is 2.31. The fourth-order valence-corrected chi connectivity index (χ4v) is 1.41. The van der Waals surface area contributed by atoms with Crippen molar-refractivity contribution in [3.63, 3.8) is 0 Å². The second kappa shape index (κ2) is 9.60. The van der Waals surface area contributed by atoms with E-state index in [0.717, 1.165) is 26.1 Å². The summed E-state index contributed by atoms with van der Waals surface area (Å²) in [5.41, 5.74) is 0. The molecule has 0 rings (SSSR count). The first-order chi connectivity index (χ1) is 7.61. The number of hydrogen-bond donors (Lipinski definition) is 2. The normalized spacial score (nSPS) is 12.8. The van der Waals surface area contributed by atoms with Gasteiger partial charge in [-0.05, 0) is 33.4 Å². The number of carbonyl (C=O) groups is 1. The van der Waals surface area contributed by atoms with E-state index in [0.29, 0.717) is 12.5 Å². The van der Waals surface area contributed by atoms with E-state index < -0.39 is 0 Å². The summed E-state index contributed by atoms with van der Waals surface area (Å²) >= 11 is 0. The van der Waals surface area contributed by atoms with E-state index in [1.807, 2.05) is 0 Å². The Hall–Kier alpha value is -0.610. The summed E-state index contributed by atoms with van der Waals surface area (Å²) < 4.78 is 0. The molecule has 0 bridgehead atoms. The number of likely N-dealkylation sites (N-methyl/N-ethyl adjacent to an activating group) is 1. The Balaban J connectivity index is 3.30. The first-order valence-electron chi connectivity index (χ1n) is 6.23. The predicted octanol–water partition coefficient (Wildman–Crippen LogP) is 0.833. The van der Waals surface area contributed by atoms with Crippen LogP contribution in [0.25, 0.3) is 0 Å². The molecule has 96 valence electrons. The van der Waals surface area contributed by atoms with Gasteiger partial charge in [-0.25, -0.2) is 0 Å². The van der Waals surface area contributed by atoms with Crippen molar-refractivity contribution in [3.8, 4) is 0 Å². The third-order valence-corrected chi connectivity index (χ3v) is 3.02. The summed E-state index contributed by atoms with van der Waals surface area (Å²) in [5.74, 6) is 0.124. The summed E-state index contributed by atoms with van der Waals surface area (Å²) in [7, 11) is 3.83. The molecule has 0 aliphatic carbocycles. The molecule has 0 saturated heterocycles. The molecule has 4 heteroatoms. The van der Waals surface area contributed by atoms with Gasteiger partial charge in [0, 0.05) is 32.6 Å². The lowest BCUT2D eigenvalue weighted by atomic mass is 10.2. The molecule has 1 amide bonds. The fourth-order valence-electron chi connectivity index (χ4n) is 1.41. The molecule has 0 aromatic carbocycles. The minimum Gasteiger partial charge on any atom is -0.359 e. The van der Waals surface area contributed by atoms with Crippen molar-refractivity contribution in [1.29, 1.82) is 0 Å². The summed E-state index contributed by atoms with van der Waals surface area (Å²) in [5, 5.41) is 5.97. The van der Waals surface area contributed by atoms with Gasteiger partial charge >= 0.3 is 0 Å². The molecule has 0 aromatic rings. The quantitative estimate of drug-likeness (QED) is 0.576. The van der Waals surface area contributed by atoms with E-state index in [1.165, 1.54) is 6.42 Å². The lowest BCUT2D eigenvalue weighted by molar-refractivity contribution is -0.120. The second-order valence-electron chi connectivity index (χ2n) is 4.26. The maximum absolute atomic E-state index is 10.9. The van der Waals surface area contributed by atoms with Crippen LogP contribution in [0.15, 0.2) is 0 Å². The molecule has 0 heterocycles. The van der Waals surface area contributed by atoms with Crippen molar-refractivity contribution in [2.24, 2.45) is 0 Å². The highest BCUT2D eigenvalue weighted by molar-refractivity contribution is 5.75. The molecule has 0 aliphatic heterocycles. The zero-order valence-corrected chi connectivity index (χ0v) is 11.2. The van der Waals surface area contributed by atoms with Gasteiger partial charge in [0.25, 0.3) is 0 Å². The van der Waals surface area contributed by atoms with Crippen LogP contribution in [0.5, 0.6) is 0 Å². The van der Waals surface area contributed by atoms with Crippen molar-refractivity contribution in [1.82, 2.24) is 15.5 Å². The van der Waals surface area contributed by atoms with E-state index in [1.54, 1.807) is 7.05 Å². The maximum Gasteiger partial charge on any atom is 0.219 e. The van der Waals surface area contributed by atoms with Crippen LogP contribution in [-0.4, -0.2) is 50.6 Å². The van der Waals surface area contributed by atoms with Crippen LogP contribution in [0, 0.1) is 0 Å². The Morgan fingerprint density at radius 1 is 1.38 bits per heavy atom. The highest BCUT2D eigenvalue weighted by Gasteiger charge is 2.05. The van der Waals surface area contributed by atoms with Gasteiger partial charge < -0.3 is 15.5 Å². The highest BCUT2D eigenvalue weighted by atomic mass is 16.1. The zero-order chi connectivity index (χ0) is 12.4. The van der Waals surface area contributed by atoms with Crippen LogP contribution < -0.4 is 10.6 Å². The van der Waals surface area contributed by atoms with Gasteiger partial charge in [0.2, 0.25) is 5.91 Å². The number of hydrogen-bond acceptors (Lipinski definition) is 3. The van der Waals surface area contributed by atoms with E-state index in [-0.39, 0.29) is 5.91 Å². The summed E-state index contributed by atoms with van der Waals surface area (Å²) in [4.78, 5) is 13.3. The van der Waals surface area contributed by atoms with Crippen LogP contribution in [0.3, 0.4) is 0 Å². The van der Waals surface area contributed by atoms with Crippen LogP contribution in [-0.2, 0) is 4.79 Å². The van der Waals surface area contributed by atoms with Crippen LogP contribution in [0.1, 0.15) is 33.1 Å². The van der Waals surface area contributed by atoms with Crippen molar-refractivity contribution in [3.05, 3.63) is 0 Å². The standard InChI is InChI=1S/C12H27N3O/c1-5-11(2)15(4)10-9-14-8-6-7-12(16)13-3/h11,14H,5-10H2,1-4H3,(H,13,16). The monoisotopic (exact) mass is 229 g/mol. The van der Waals surface area contributed by atoms with Gasteiger partial charge in [-0.3, -0.25) is 4.79 Å². The van der Waals surface area contributed by atoms with Crippen LogP contribution in [0.4, 0.5) is 0 Å². The molecule has 16 heavy (non-hydrogen) atoms. The van der Waals surface area contributed by atoms with Gasteiger partial charge in [-0.2, -0.15) is 0 Å². The van der Waals surface area contributed by atoms with E-state index >= 15 is 0 Å². The number of nitrogens with zero attached hydrogens (tertiary/aromatic N) is 1. The molecular formula is C12H27N3O. The van der Waals surface area contributed by atoms with Crippen molar-refractivity contribution in [2.75, 3.05) is 33.7 Å². The molecule has 1 atom stereocenters. The largest absolute Gasteiger partial charge is 0.359 e. The Morgan fingerprint density at radius 2 is 2.06 bits per heavy atom. The lowest BCUT2D eigenvalue weighted by Crippen LogP contribution is -2.35. The lowest BCUT2D eigenvalue weighted by Gasteiger charge is -2.23. The van der Waals surface area contributed by atoms with E-state index in [4.69, 9.17) is 0 Å². The SMILES string of the molecule is CCC(C)N(C)CCNCCCC(=O)NC. The van der Waals surface area contributed by atoms with Gasteiger partial charge in [0.1, 0.15) is 0 Å². The molecule has 1 unspecified atom stereocenters. The number of carbonyl (C=O) groups excluding carboxylic acids is 1. The third kappa shape index (κ3) is 7.65. The Bertz CT molecular complexity index is 185. The second-order valence-corrected chi connectivity index (χ2v) is 4.26. The smallest absolute Gasteiger partial charge is 0.219 e. The average molecular weight is 229 g/mol. The summed E-state index contributed by atoms with van der Waals surface area (Å²) in [6.07, 6.45) is 2.71. The summed E-state index contributed by atoms with van der Waals surface area (Å²) in [6, 6.07) is 0.646. The number of rotatable bonds is 9. The zero-order valence-electron chi connectivity index (χ0n) is 11.2. The molecule has 0 aromatic heterocycles. The van der Waals surface area contributed by atoms with Gasteiger partial charge in [0.05, 0.1) is 0 Å². The molecule has 0 fully saturated rings. The summed E-state index contributed by atoms with van der Waals surface area (Å²) in [6.45, 7) is 7.43. The molecule has 2 N–H and O–H groups in total. The topological polar surface area (TPSA) is 44.4 Å². The number of amides is 1. The van der Waals surface area contributed by atoms with E-state index in [9.17, 15) is 4.79 Å². The van der Waals surface area contributed by atoms with Crippen molar-refractivity contribution >= 4 is 5.91 Å². The maximum atomic E-state index is 10.9. The minimum absolute atomic E-state index is 0.124. The van der Waals surface area contributed by atoms with Gasteiger partial charge in [-0.1, -0.05) is 6.92 Å².